The van der Waals surface area contributed by atoms with Crippen LogP contribution in [0.2, 0.25) is 0 Å². The first kappa shape index (κ1) is 18.5. The fourth-order valence-electron chi connectivity index (χ4n) is 2.85. The number of nitrogens with one attached hydrogen (secondary N) is 1. The Labute approximate surface area is 151 Å². The second-order valence-electron chi connectivity index (χ2n) is 6.10. The zero-order chi connectivity index (χ0) is 18.7. The molecule has 4 N–H and O–H groups in total. The van der Waals surface area contributed by atoms with Crippen molar-refractivity contribution in [3.63, 3.8) is 0 Å². The van der Waals surface area contributed by atoms with Gasteiger partial charge in [-0.3, -0.25) is 4.57 Å². The van der Waals surface area contributed by atoms with Crippen LogP contribution in [-0.4, -0.2) is 66.8 Å². The molecule has 0 radical (unpaired) electrons. The minimum Gasteiger partial charge on any atom is -0.394 e. The van der Waals surface area contributed by atoms with Crippen LogP contribution in [0.1, 0.15) is 38.2 Å². The molecular weight excluding hydrogens is 338 g/mol. The SMILES string of the molecule is CCCCC#Cc1nc(NC)c2ncn([C@@H]3O[C@H](CO)[C@H](O)[C@H]3O)c2n1. The summed E-state index contributed by atoms with van der Waals surface area (Å²) in [6.07, 6.45) is 0.121. The molecule has 0 aliphatic carbocycles. The van der Waals surface area contributed by atoms with Gasteiger partial charge in [-0.05, 0) is 12.3 Å². The van der Waals surface area contributed by atoms with Crippen LogP contribution in [0, 0.1) is 11.8 Å². The average molecular weight is 361 g/mol. The number of aromatic nitrogens is 4. The monoisotopic (exact) mass is 361 g/mol. The number of hydrogen-bond donors (Lipinski definition) is 4. The fraction of sp³-hybridized carbons (Fsp3) is 0.588. The molecule has 1 fully saturated rings. The van der Waals surface area contributed by atoms with Crippen LogP contribution < -0.4 is 5.32 Å². The maximum atomic E-state index is 10.3. The van der Waals surface area contributed by atoms with Gasteiger partial charge in [0.25, 0.3) is 0 Å². The van der Waals surface area contributed by atoms with E-state index in [4.69, 9.17) is 4.74 Å². The van der Waals surface area contributed by atoms with E-state index in [1.165, 1.54) is 10.9 Å². The van der Waals surface area contributed by atoms with E-state index in [0.717, 1.165) is 19.3 Å². The summed E-state index contributed by atoms with van der Waals surface area (Å²) in [6.45, 7) is 1.70. The van der Waals surface area contributed by atoms with Gasteiger partial charge in [-0.25, -0.2) is 15.0 Å². The zero-order valence-electron chi connectivity index (χ0n) is 14.8. The van der Waals surface area contributed by atoms with Crippen molar-refractivity contribution in [3.8, 4) is 11.8 Å². The van der Waals surface area contributed by atoms with E-state index >= 15 is 0 Å². The molecule has 2 aromatic rings. The molecule has 3 heterocycles. The van der Waals surface area contributed by atoms with Crippen molar-refractivity contribution < 1.29 is 20.1 Å². The first-order valence-corrected chi connectivity index (χ1v) is 8.64. The van der Waals surface area contributed by atoms with E-state index in [0.29, 0.717) is 22.8 Å². The third kappa shape index (κ3) is 3.37. The van der Waals surface area contributed by atoms with Gasteiger partial charge in [-0.1, -0.05) is 19.3 Å². The Morgan fingerprint density at radius 2 is 2.12 bits per heavy atom. The van der Waals surface area contributed by atoms with E-state index in [2.05, 4.69) is 39.0 Å². The smallest absolute Gasteiger partial charge is 0.208 e. The van der Waals surface area contributed by atoms with Crippen LogP contribution >= 0.6 is 0 Å². The Morgan fingerprint density at radius 1 is 1.31 bits per heavy atom. The summed E-state index contributed by atoms with van der Waals surface area (Å²) in [5.74, 6) is 6.85. The molecule has 1 saturated heterocycles. The number of hydrogen-bond acceptors (Lipinski definition) is 8. The summed E-state index contributed by atoms with van der Waals surface area (Å²) in [5, 5.41) is 32.5. The van der Waals surface area contributed by atoms with Crippen molar-refractivity contribution in [2.24, 2.45) is 0 Å². The summed E-state index contributed by atoms with van der Waals surface area (Å²) in [5.41, 5.74) is 0.934. The highest BCUT2D eigenvalue weighted by Gasteiger charge is 2.44. The molecule has 0 bridgehead atoms. The number of ether oxygens (including phenoxy) is 1. The molecule has 4 atom stereocenters. The number of fused-ring (bicyclic) bond motifs is 1. The highest BCUT2D eigenvalue weighted by Crippen LogP contribution is 2.32. The van der Waals surface area contributed by atoms with Crippen molar-refractivity contribution >= 4 is 17.0 Å². The Kier molecular flexibility index (Phi) is 5.68. The number of rotatable bonds is 5. The molecule has 26 heavy (non-hydrogen) atoms. The molecule has 140 valence electrons. The lowest BCUT2D eigenvalue weighted by Crippen LogP contribution is -2.33. The van der Waals surface area contributed by atoms with E-state index in [1.54, 1.807) is 7.05 Å². The van der Waals surface area contributed by atoms with Crippen molar-refractivity contribution in [1.29, 1.82) is 0 Å². The highest BCUT2D eigenvalue weighted by atomic mass is 16.6. The molecule has 1 aliphatic rings. The van der Waals surface area contributed by atoms with Gasteiger partial charge in [0, 0.05) is 13.5 Å². The third-order valence-electron chi connectivity index (χ3n) is 4.31. The molecule has 0 unspecified atom stereocenters. The van der Waals surface area contributed by atoms with Crippen molar-refractivity contribution in [3.05, 3.63) is 12.2 Å². The Bertz CT molecular complexity index is 828. The molecule has 9 nitrogen and oxygen atoms in total. The first-order chi connectivity index (χ1) is 12.6. The van der Waals surface area contributed by atoms with Gasteiger partial charge >= 0.3 is 0 Å². The Balaban J connectivity index is 2.00. The van der Waals surface area contributed by atoms with Crippen LogP contribution in [0.25, 0.3) is 11.2 Å². The van der Waals surface area contributed by atoms with Crippen molar-refractivity contribution in [2.45, 2.75) is 50.7 Å². The summed E-state index contributed by atoms with van der Waals surface area (Å²) in [7, 11) is 1.72. The normalized spacial score (nSPS) is 25.3. The predicted molar refractivity (Wildman–Crippen MR) is 94.3 cm³/mol. The molecule has 0 spiro atoms. The maximum Gasteiger partial charge on any atom is 0.208 e. The van der Waals surface area contributed by atoms with E-state index in [9.17, 15) is 15.3 Å². The molecule has 3 rings (SSSR count). The minimum absolute atomic E-state index is 0.339. The first-order valence-electron chi connectivity index (χ1n) is 8.64. The van der Waals surface area contributed by atoms with Gasteiger partial charge in [-0.2, -0.15) is 0 Å². The lowest BCUT2D eigenvalue weighted by Gasteiger charge is -2.16. The lowest BCUT2D eigenvalue weighted by molar-refractivity contribution is -0.0511. The number of anilines is 1. The van der Waals surface area contributed by atoms with E-state index in [1.807, 2.05) is 0 Å². The van der Waals surface area contributed by atoms with Gasteiger partial charge in [0.1, 0.15) is 18.3 Å². The van der Waals surface area contributed by atoms with Crippen LogP contribution in [0.15, 0.2) is 6.33 Å². The van der Waals surface area contributed by atoms with Crippen molar-refractivity contribution in [1.82, 2.24) is 19.5 Å². The number of imidazole rings is 1. The van der Waals surface area contributed by atoms with Gasteiger partial charge in [0.15, 0.2) is 23.2 Å². The maximum absolute atomic E-state index is 10.3. The number of nitrogens with zero attached hydrogens (tertiary/aromatic N) is 4. The summed E-state index contributed by atoms with van der Waals surface area (Å²) in [6, 6.07) is 0. The quantitative estimate of drug-likeness (QED) is 0.434. The summed E-state index contributed by atoms with van der Waals surface area (Å²) in [4.78, 5) is 13.1. The van der Waals surface area contributed by atoms with Crippen LogP contribution in [0.4, 0.5) is 5.82 Å². The Morgan fingerprint density at radius 3 is 2.77 bits per heavy atom. The zero-order valence-corrected chi connectivity index (χ0v) is 14.8. The minimum atomic E-state index is -1.21. The van der Waals surface area contributed by atoms with Crippen LogP contribution in [-0.2, 0) is 4.74 Å². The van der Waals surface area contributed by atoms with Crippen molar-refractivity contribution in [2.75, 3.05) is 19.0 Å². The number of aliphatic hydroxyl groups excluding tert-OH is 3. The molecule has 9 heteroatoms. The lowest BCUT2D eigenvalue weighted by atomic mass is 10.1. The molecule has 1 aliphatic heterocycles. The topological polar surface area (TPSA) is 126 Å². The number of aliphatic hydroxyl groups is 3. The highest BCUT2D eigenvalue weighted by molar-refractivity contribution is 5.83. The van der Waals surface area contributed by atoms with E-state index < -0.39 is 31.1 Å². The van der Waals surface area contributed by atoms with Gasteiger partial charge in [0.2, 0.25) is 5.82 Å². The average Bonchev–Trinajstić information content (AvgIpc) is 3.19. The molecular formula is C17H23N5O4. The summed E-state index contributed by atoms with van der Waals surface area (Å²) < 4.78 is 7.10. The van der Waals surface area contributed by atoms with Crippen LogP contribution in [0.5, 0.6) is 0 Å². The van der Waals surface area contributed by atoms with Crippen LogP contribution in [0.3, 0.4) is 0 Å². The van der Waals surface area contributed by atoms with Gasteiger partial charge in [0.05, 0.1) is 12.9 Å². The molecule has 0 aromatic carbocycles. The largest absolute Gasteiger partial charge is 0.394 e. The van der Waals surface area contributed by atoms with Gasteiger partial charge in [-0.15, -0.1) is 0 Å². The molecule has 0 saturated carbocycles. The number of unbranched alkanes of at least 4 members (excludes halogenated alkanes) is 2. The van der Waals surface area contributed by atoms with Gasteiger partial charge < -0.3 is 25.4 Å². The standard InChI is InChI=1S/C17H23N5O4/c1-3-4-5-6-7-11-20-15(18-2)12-16(21-11)22(9-19-12)17-14(25)13(24)10(8-23)26-17/h9-10,13-14,17,23-25H,3-5,8H2,1-2H3,(H,18,20,21)/t10-,13+,14-,17-/m1/s1. The summed E-state index contributed by atoms with van der Waals surface area (Å²) >= 11 is 0. The van der Waals surface area contributed by atoms with E-state index in [-0.39, 0.29) is 0 Å². The third-order valence-corrected chi connectivity index (χ3v) is 4.31. The fourth-order valence-corrected chi connectivity index (χ4v) is 2.85. The Hall–Kier alpha value is -2.25. The predicted octanol–water partition coefficient (Wildman–Crippen LogP) is 0.0212. The second-order valence-corrected chi connectivity index (χ2v) is 6.10. The molecule has 0 amide bonds. The second kappa shape index (κ2) is 7.97. The molecule has 2 aromatic heterocycles.